The van der Waals surface area contributed by atoms with Gasteiger partial charge in [0.1, 0.15) is 18.0 Å². The number of fused-ring (bicyclic) bond motifs is 1. The minimum absolute atomic E-state index is 0.259. The summed E-state index contributed by atoms with van der Waals surface area (Å²) >= 11 is 12.5. The third-order valence-corrected chi connectivity index (χ3v) is 5.01. The predicted molar refractivity (Wildman–Crippen MR) is 109 cm³/mol. The summed E-state index contributed by atoms with van der Waals surface area (Å²) in [6, 6.07) is 13.7. The maximum absolute atomic E-state index is 13.0. The maximum atomic E-state index is 13.0. The molecule has 142 valence electrons. The lowest BCUT2D eigenvalue weighted by molar-refractivity contribution is 0.615. The molecule has 4 rings (SSSR count). The molecule has 4 aromatic rings. The fraction of sp³-hybridized carbons (Fsp3) is 0.150. The van der Waals surface area contributed by atoms with E-state index in [1.807, 2.05) is 24.3 Å². The molecule has 28 heavy (non-hydrogen) atoms. The van der Waals surface area contributed by atoms with Gasteiger partial charge in [0, 0.05) is 11.6 Å². The first-order valence-electron chi connectivity index (χ1n) is 8.64. The zero-order valence-electron chi connectivity index (χ0n) is 14.7. The lowest BCUT2D eigenvalue weighted by atomic mass is 10.1. The molecule has 0 fully saturated rings. The summed E-state index contributed by atoms with van der Waals surface area (Å²) < 4.78 is 14.8. The Morgan fingerprint density at radius 1 is 1.04 bits per heavy atom. The second-order valence-electron chi connectivity index (χ2n) is 6.29. The van der Waals surface area contributed by atoms with E-state index in [1.165, 1.54) is 18.5 Å². The molecule has 0 aliphatic heterocycles. The number of benzene rings is 2. The average molecular weight is 416 g/mol. The predicted octanol–water partition coefficient (Wildman–Crippen LogP) is 5.21. The molecule has 2 heterocycles. The molecule has 1 unspecified atom stereocenters. The number of nitrogens with zero attached hydrogens (tertiary/aromatic N) is 4. The Morgan fingerprint density at radius 3 is 2.54 bits per heavy atom. The Balaban J connectivity index is 1.52. The van der Waals surface area contributed by atoms with Crippen LogP contribution in [0.25, 0.3) is 11.0 Å². The Bertz CT molecular complexity index is 1080. The first kappa shape index (κ1) is 18.7. The van der Waals surface area contributed by atoms with Crippen molar-refractivity contribution < 1.29 is 4.39 Å². The number of nitrogens with one attached hydrogen (secondary N) is 1. The SMILES string of the molecule is Fc1ccc(CNc2ncnc3c2cnn3CC(Cl)c2ccc(Cl)cc2)cc1. The van der Waals surface area contributed by atoms with Crippen LogP contribution in [0.1, 0.15) is 16.5 Å². The van der Waals surface area contributed by atoms with Crippen LogP contribution in [0.3, 0.4) is 0 Å². The van der Waals surface area contributed by atoms with E-state index in [-0.39, 0.29) is 11.2 Å². The van der Waals surface area contributed by atoms with E-state index < -0.39 is 0 Å². The molecule has 2 aromatic carbocycles. The number of aromatic nitrogens is 4. The van der Waals surface area contributed by atoms with Crippen LogP contribution >= 0.6 is 23.2 Å². The number of rotatable bonds is 6. The van der Waals surface area contributed by atoms with Crippen molar-refractivity contribution >= 4 is 40.1 Å². The first-order chi connectivity index (χ1) is 13.6. The molecule has 0 aliphatic rings. The van der Waals surface area contributed by atoms with Crippen molar-refractivity contribution in [3.05, 3.63) is 83.0 Å². The summed E-state index contributed by atoms with van der Waals surface area (Å²) in [7, 11) is 0. The van der Waals surface area contributed by atoms with Gasteiger partial charge >= 0.3 is 0 Å². The molecule has 1 atom stereocenters. The van der Waals surface area contributed by atoms with Crippen molar-refractivity contribution in [1.82, 2.24) is 19.7 Å². The van der Waals surface area contributed by atoms with Gasteiger partial charge in [-0.1, -0.05) is 35.9 Å². The maximum Gasteiger partial charge on any atom is 0.163 e. The van der Waals surface area contributed by atoms with Crippen LogP contribution in [-0.2, 0) is 13.1 Å². The highest BCUT2D eigenvalue weighted by atomic mass is 35.5. The van der Waals surface area contributed by atoms with Crippen LogP contribution in [0.15, 0.2) is 61.1 Å². The Morgan fingerprint density at radius 2 is 1.79 bits per heavy atom. The smallest absolute Gasteiger partial charge is 0.163 e. The van der Waals surface area contributed by atoms with Crippen LogP contribution in [-0.4, -0.2) is 19.7 Å². The minimum Gasteiger partial charge on any atom is -0.365 e. The van der Waals surface area contributed by atoms with E-state index in [9.17, 15) is 4.39 Å². The lowest BCUT2D eigenvalue weighted by Gasteiger charge is -2.11. The van der Waals surface area contributed by atoms with Crippen molar-refractivity contribution in [2.24, 2.45) is 0 Å². The van der Waals surface area contributed by atoms with Crippen molar-refractivity contribution in [2.75, 3.05) is 5.32 Å². The highest BCUT2D eigenvalue weighted by Crippen LogP contribution is 2.26. The molecule has 0 amide bonds. The van der Waals surface area contributed by atoms with Gasteiger partial charge in [-0.2, -0.15) is 5.10 Å². The Hall–Kier alpha value is -2.70. The Kier molecular flexibility index (Phi) is 5.41. The van der Waals surface area contributed by atoms with E-state index in [0.717, 1.165) is 16.5 Å². The van der Waals surface area contributed by atoms with E-state index in [4.69, 9.17) is 23.2 Å². The molecule has 0 radical (unpaired) electrons. The third kappa shape index (κ3) is 4.08. The second kappa shape index (κ2) is 8.12. The van der Waals surface area contributed by atoms with Crippen molar-refractivity contribution in [1.29, 1.82) is 0 Å². The van der Waals surface area contributed by atoms with Gasteiger partial charge in [0.2, 0.25) is 0 Å². The number of hydrogen-bond acceptors (Lipinski definition) is 4. The summed E-state index contributed by atoms with van der Waals surface area (Å²) in [6.07, 6.45) is 3.20. The summed E-state index contributed by atoms with van der Waals surface area (Å²) in [5.74, 6) is 0.406. The van der Waals surface area contributed by atoms with Gasteiger partial charge < -0.3 is 5.32 Å². The van der Waals surface area contributed by atoms with E-state index in [0.29, 0.717) is 29.6 Å². The normalized spacial score (nSPS) is 12.2. The van der Waals surface area contributed by atoms with Crippen molar-refractivity contribution in [3.8, 4) is 0 Å². The van der Waals surface area contributed by atoms with E-state index in [1.54, 1.807) is 23.0 Å². The summed E-state index contributed by atoms with van der Waals surface area (Å²) in [6.45, 7) is 0.974. The summed E-state index contributed by atoms with van der Waals surface area (Å²) in [5.41, 5.74) is 2.60. The zero-order chi connectivity index (χ0) is 19.5. The Labute approximate surface area is 171 Å². The summed E-state index contributed by atoms with van der Waals surface area (Å²) in [5, 5.41) is 8.87. The van der Waals surface area contributed by atoms with Crippen molar-refractivity contribution in [3.63, 3.8) is 0 Å². The van der Waals surface area contributed by atoms with Crippen molar-refractivity contribution in [2.45, 2.75) is 18.5 Å². The molecule has 0 saturated carbocycles. The van der Waals surface area contributed by atoms with Gasteiger partial charge in [0.15, 0.2) is 5.65 Å². The van der Waals surface area contributed by atoms with Crippen LogP contribution in [0.4, 0.5) is 10.2 Å². The molecule has 1 N–H and O–H groups in total. The highest BCUT2D eigenvalue weighted by Gasteiger charge is 2.14. The number of hydrogen-bond donors (Lipinski definition) is 1. The van der Waals surface area contributed by atoms with Gasteiger partial charge in [-0.25, -0.2) is 19.0 Å². The lowest BCUT2D eigenvalue weighted by Crippen LogP contribution is -2.07. The van der Waals surface area contributed by atoms with Gasteiger partial charge in [-0.3, -0.25) is 0 Å². The average Bonchev–Trinajstić information content (AvgIpc) is 3.11. The molecule has 0 saturated heterocycles. The summed E-state index contributed by atoms with van der Waals surface area (Å²) in [4.78, 5) is 8.65. The molecule has 5 nitrogen and oxygen atoms in total. The molecular weight excluding hydrogens is 400 g/mol. The highest BCUT2D eigenvalue weighted by molar-refractivity contribution is 6.30. The molecule has 0 bridgehead atoms. The van der Waals surface area contributed by atoms with Gasteiger partial charge in [-0.15, -0.1) is 11.6 Å². The molecule has 0 spiro atoms. The first-order valence-corrected chi connectivity index (χ1v) is 9.46. The molecular formula is C20H16Cl2FN5. The van der Waals surface area contributed by atoms with Crippen LogP contribution < -0.4 is 5.32 Å². The quantitative estimate of drug-likeness (QED) is 0.439. The van der Waals surface area contributed by atoms with E-state index >= 15 is 0 Å². The fourth-order valence-corrected chi connectivity index (χ4v) is 3.29. The molecule has 2 aromatic heterocycles. The number of halogens is 3. The van der Waals surface area contributed by atoms with Crippen LogP contribution in [0.2, 0.25) is 5.02 Å². The second-order valence-corrected chi connectivity index (χ2v) is 7.25. The van der Waals surface area contributed by atoms with Gasteiger partial charge in [-0.05, 0) is 35.4 Å². The van der Waals surface area contributed by atoms with Gasteiger partial charge in [0.05, 0.1) is 23.5 Å². The number of alkyl halides is 1. The van der Waals surface area contributed by atoms with E-state index in [2.05, 4.69) is 20.4 Å². The van der Waals surface area contributed by atoms with Crippen LogP contribution in [0, 0.1) is 5.82 Å². The standard InChI is InChI=1S/C20H16Cl2FN5/c21-15-5-3-14(4-6-15)18(22)11-28-20-17(10-27-28)19(25-12-26-20)24-9-13-1-7-16(23)8-2-13/h1-8,10,12,18H,9,11H2,(H,24,25,26). The van der Waals surface area contributed by atoms with Crippen LogP contribution in [0.5, 0.6) is 0 Å². The topological polar surface area (TPSA) is 55.6 Å². The third-order valence-electron chi connectivity index (χ3n) is 4.37. The zero-order valence-corrected chi connectivity index (χ0v) is 16.2. The van der Waals surface area contributed by atoms with Gasteiger partial charge in [0.25, 0.3) is 0 Å². The molecule has 0 aliphatic carbocycles. The fourth-order valence-electron chi connectivity index (χ4n) is 2.88. The monoisotopic (exact) mass is 415 g/mol. The minimum atomic E-state index is -0.272. The molecule has 8 heteroatoms. The number of anilines is 1. The largest absolute Gasteiger partial charge is 0.365 e.